The van der Waals surface area contributed by atoms with Crippen LogP contribution in [0.25, 0.3) is 16.2 Å². The van der Waals surface area contributed by atoms with Gasteiger partial charge in [-0.2, -0.15) is 10.1 Å². The van der Waals surface area contributed by atoms with Gasteiger partial charge in [0, 0.05) is 10.9 Å². The maximum Gasteiger partial charge on any atom is 0.292 e. The number of thiazole rings is 1. The van der Waals surface area contributed by atoms with Crippen LogP contribution in [-0.2, 0) is 5.41 Å². The SMILES string of the molecule is Br.CC(C)(C)c1cc(-c2csc3nc(=O)cnn23)ccc1O. The van der Waals surface area contributed by atoms with Crippen LogP contribution < -0.4 is 5.56 Å². The van der Waals surface area contributed by atoms with Crippen molar-refractivity contribution in [3.8, 4) is 17.0 Å². The molecule has 3 rings (SSSR count). The molecule has 0 saturated heterocycles. The predicted octanol–water partition coefficient (Wildman–Crippen LogP) is 3.40. The number of fused-ring (bicyclic) bond motifs is 1. The Balaban J connectivity index is 0.00000176. The van der Waals surface area contributed by atoms with Gasteiger partial charge in [0.05, 0.1) is 5.69 Å². The second-order valence-electron chi connectivity index (χ2n) is 5.89. The van der Waals surface area contributed by atoms with Crippen molar-refractivity contribution in [1.29, 1.82) is 0 Å². The van der Waals surface area contributed by atoms with E-state index in [2.05, 4.69) is 10.1 Å². The Morgan fingerprint density at radius 2 is 2.00 bits per heavy atom. The van der Waals surface area contributed by atoms with E-state index < -0.39 is 0 Å². The highest BCUT2D eigenvalue weighted by atomic mass is 79.9. The number of hydrogen-bond donors (Lipinski definition) is 1. The smallest absolute Gasteiger partial charge is 0.292 e. The van der Waals surface area contributed by atoms with Crippen LogP contribution in [-0.4, -0.2) is 19.7 Å². The molecule has 0 aliphatic heterocycles. The van der Waals surface area contributed by atoms with Crippen LogP contribution in [0.3, 0.4) is 0 Å². The molecule has 1 N–H and O–H groups in total. The molecule has 0 aliphatic carbocycles. The molecule has 1 aromatic carbocycles. The maximum atomic E-state index is 11.2. The molecule has 2 heterocycles. The van der Waals surface area contributed by atoms with Gasteiger partial charge in [-0.25, -0.2) is 4.52 Å². The van der Waals surface area contributed by atoms with Crippen LogP contribution in [0.4, 0.5) is 0 Å². The van der Waals surface area contributed by atoms with Crippen LogP contribution in [0, 0.1) is 0 Å². The van der Waals surface area contributed by atoms with Gasteiger partial charge >= 0.3 is 0 Å². The molecular weight excluding hydrogens is 366 g/mol. The largest absolute Gasteiger partial charge is 0.508 e. The quantitative estimate of drug-likeness (QED) is 0.701. The van der Waals surface area contributed by atoms with E-state index in [1.165, 1.54) is 17.5 Å². The maximum absolute atomic E-state index is 11.2. The molecule has 2 aromatic heterocycles. The third-order valence-corrected chi connectivity index (χ3v) is 4.09. The van der Waals surface area contributed by atoms with Gasteiger partial charge in [-0.1, -0.05) is 20.8 Å². The molecule has 5 nitrogen and oxygen atoms in total. The Morgan fingerprint density at radius 3 is 2.68 bits per heavy atom. The summed E-state index contributed by atoms with van der Waals surface area (Å²) in [6.45, 7) is 6.15. The van der Waals surface area contributed by atoms with Gasteiger partial charge in [-0.05, 0) is 29.2 Å². The fraction of sp³-hybridized carbons (Fsp3) is 0.267. The number of aromatic nitrogens is 3. The van der Waals surface area contributed by atoms with Crippen LogP contribution in [0.1, 0.15) is 26.3 Å². The van der Waals surface area contributed by atoms with Crippen molar-refractivity contribution in [2.75, 3.05) is 0 Å². The second kappa shape index (κ2) is 5.81. The lowest BCUT2D eigenvalue weighted by Gasteiger charge is -2.21. The van der Waals surface area contributed by atoms with Gasteiger partial charge in [-0.15, -0.1) is 28.3 Å². The standard InChI is InChI=1S/C15H15N3O2S.BrH/c1-15(2,3)10-6-9(4-5-12(10)19)11-8-21-14-17-13(20)7-16-18(11)14;/h4-8,19H,1-3H3;1H. The van der Waals surface area contributed by atoms with Crippen molar-refractivity contribution in [1.82, 2.24) is 14.6 Å². The van der Waals surface area contributed by atoms with E-state index in [1.54, 1.807) is 10.6 Å². The lowest BCUT2D eigenvalue weighted by atomic mass is 9.85. The molecule has 0 unspecified atom stereocenters. The summed E-state index contributed by atoms with van der Waals surface area (Å²) in [5.41, 5.74) is 2.15. The fourth-order valence-corrected chi connectivity index (χ4v) is 3.05. The van der Waals surface area contributed by atoms with Crippen molar-refractivity contribution in [3.63, 3.8) is 0 Å². The van der Waals surface area contributed by atoms with Crippen molar-refractivity contribution in [2.24, 2.45) is 0 Å². The van der Waals surface area contributed by atoms with Gasteiger partial charge in [0.25, 0.3) is 5.56 Å². The zero-order valence-electron chi connectivity index (χ0n) is 12.4. The van der Waals surface area contributed by atoms with E-state index in [1.807, 2.05) is 38.3 Å². The second-order valence-corrected chi connectivity index (χ2v) is 6.73. The lowest BCUT2D eigenvalue weighted by Crippen LogP contribution is -2.12. The number of aromatic hydroxyl groups is 1. The Morgan fingerprint density at radius 1 is 1.27 bits per heavy atom. The van der Waals surface area contributed by atoms with E-state index in [4.69, 9.17) is 0 Å². The molecule has 0 atom stereocenters. The number of nitrogens with zero attached hydrogens (tertiary/aromatic N) is 3. The highest BCUT2D eigenvalue weighted by Crippen LogP contribution is 2.34. The third kappa shape index (κ3) is 2.91. The summed E-state index contributed by atoms with van der Waals surface area (Å²) in [4.78, 5) is 15.7. The number of hydrogen-bond acceptors (Lipinski definition) is 5. The lowest BCUT2D eigenvalue weighted by molar-refractivity contribution is 0.447. The minimum absolute atomic E-state index is 0. The topological polar surface area (TPSA) is 67.5 Å². The molecule has 0 aliphatic rings. The number of benzene rings is 1. The average Bonchev–Trinajstić information content (AvgIpc) is 2.81. The van der Waals surface area contributed by atoms with Gasteiger partial charge in [-0.3, -0.25) is 4.79 Å². The van der Waals surface area contributed by atoms with Gasteiger partial charge in [0.2, 0.25) is 4.96 Å². The first-order valence-electron chi connectivity index (χ1n) is 6.54. The molecule has 0 amide bonds. The van der Waals surface area contributed by atoms with Gasteiger partial charge in [0.1, 0.15) is 11.9 Å². The Bertz CT molecular complexity index is 880. The van der Waals surface area contributed by atoms with Crippen molar-refractivity contribution in [3.05, 3.63) is 45.7 Å². The van der Waals surface area contributed by atoms with Crippen molar-refractivity contribution < 1.29 is 5.11 Å². The summed E-state index contributed by atoms with van der Waals surface area (Å²) < 4.78 is 1.64. The van der Waals surface area contributed by atoms with E-state index >= 15 is 0 Å². The molecule has 0 radical (unpaired) electrons. The minimum Gasteiger partial charge on any atom is -0.508 e. The highest BCUT2D eigenvalue weighted by Gasteiger charge is 2.19. The summed E-state index contributed by atoms with van der Waals surface area (Å²) in [6, 6.07) is 5.48. The van der Waals surface area contributed by atoms with E-state index in [0.29, 0.717) is 4.96 Å². The first-order chi connectivity index (χ1) is 9.86. The Hall–Kier alpha value is -1.73. The average molecular weight is 382 g/mol. The van der Waals surface area contributed by atoms with Crippen molar-refractivity contribution >= 4 is 33.3 Å². The fourth-order valence-electron chi connectivity index (χ4n) is 2.21. The monoisotopic (exact) mass is 381 g/mol. The zero-order chi connectivity index (χ0) is 15.2. The summed E-state index contributed by atoms with van der Waals surface area (Å²) in [6.07, 6.45) is 1.20. The summed E-state index contributed by atoms with van der Waals surface area (Å²) in [5, 5.41) is 16.1. The van der Waals surface area contributed by atoms with Crippen LogP contribution in [0.5, 0.6) is 5.75 Å². The minimum atomic E-state index is -0.343. The number of phenolic OH excluding ortho intramolecular Hbond substituents is 1. The van der Waals surface area contributed by atoms with Crippen LogP contribution in [0.2, 0.25) is 0 Å². The molecule has 0 saturated carbocycles. The highest BCUT2D eigenvalue weighted by molar-refractivity contribution is 8.93. The number of halogens is 1. The first-order valence-corrected chi connectivity index (χ1v) is 7.42. The number of rotatable bonds is 1. The molecule has 0 spiro atoms. The summed E-state index contributed by atoms with van der Waals surface area (Å²) in [7, 11) is 0. The molecular formula is C15H16BrN3O2S. The number of phenols is 1. The van der Waals surface area contributed by atoms with Gasteiger partial charge < -0.3 is 5.11 Å². The van der Waals surface area contributed by atoms with Crippen LogP contribution >= 0.6 is 28.3 Å². The Labute approximate surface area is 142 Å². The molecule has 116 valence electrons. The van der Waals surface area contributed by atoms with Crippen LogP contribution in [0.15, 0.2) is 34.6 Å². The summed E-state index contributed by atoms with van der Waals surface area (Å²) in [5.74, 6) is 0.281. The molecule has 22 heavy (non-hydrogen) atoms. The predicted molar refractivity (Wildman–Crippen MR) is 93.3 cm³/mol. The molecule has 3 aromatic rings. The summed E-state index contributed by atoms with van der Waals surface area (Å²) >= 11 is 1.37. The third-order valence-electron chi connectivity index (χ3n) is 3.28. The van der Waals surface area contributed by atoms with E-state index in [0.717, 1.165) is 16.8 Å². The molecule has 0 bridgehead atoms. The molecule has 0 fully saturated rings. The Kier molecular flexibility index (Phi) is 4.39. The van der Waals surface area contributed by atoms with Gasteiger partial charge in [0.15, 0.2) is 0 Å². The van der Waals surface area contributed by atoms with Crippen molar-refractivity contribution in [2.45, 2.75) is 26.2 Å². The first kappa shape index (κ1) is 16.6. The van der Waals surface area contributed by atoms with E-state index in [-0.39, 0.29) is 33.7 Å². The normalized spacial score (nSPS) is 11.4. The zero-order valence-corrected chi connectivity index (χ0v) is 14.9. The molecule has 7 heteroatoms. The van der Waals surface area contributed by atoms with E-state index in [9.17, 15) is 9.90 Å².